The molecule has 0 saturated carbocycles. The number of fused-ring (bicyclic) bond motifs is 2. The van der Waals surface area contributed by atoms with Crippen molar-refractivity contribution in [2.75, 3.05) is 11.9 Å². The van der Waals surface area contributed by atoms with Crippen molar-refractivity contribution in [3.05, 3.63) is 243 Å². The summed E-state index contributed by atoms with van der Waals surface area (Å²) in [6, 6.07) is 55.8. The van der Waals surface area contributed by atoms with E-state index < -0.39 is 41.0 Å². The van der Waals surface area contributed by atoms with Crippen LogP contribution in [0.5, 0.6) is 11.5 Å². The molecule has 10 heteroatoms. The zero-order valence-corrected chi connectivity index (χ0v) is 40.5. The lowest BCUT2D eigenvalue weighted by Gasteiger charge is -2.26. The number of anilines is 1. The van der Waals surface area contributed by atoms with Gasteiger partial charge in [0.05, 0.1) is 39.1 Å². The second kappa shape index (κ2) is 18.1. The van der Waals surface area contributed by atoms with Crippen molar-refractivity contribution < 1.29 is 38.2 Å². The lowest BCUT2D eigenvalue weighted by molar-refractivity contribution is 0.0688. The van der Waals surface area contributed by atoms with Crippen LogP contribution in [-0.4, -0.2) is 47.5 Å². The number of hydrogen-bond donors (Lipinski definition) is 0. The number of esters is 2. The minimum Gasteiger partial charge on any atom is -0.423 e. The van der Waals surface area contributed by atoms with Crippen molar-refractivity contribution in [3.8, 4) is 33.8 Å². The van der Waals surface area contributed by atoms with Crippen molar-refractivity contribution in [3.63, 3.8) is 0 Å². The summed E-state index contributed by atoms with van der Waals surface area (Å²) in [6.07, 6.45) is 0. The zero-order chi connectivity index (χ0) is 50.6. The molecular weight excluding hydrogens is 901 g/mol. The Kier molecular flexibility index (Phi) is 11.7. The maximum absolute atomic E-state index is 13.8. The molecule has 2 heterocycles. The smallest absolute Gasteiger partial charge is 0.343 e. The van der Waals surface area contributed by atoms with Crippen LogP contribution in [0.2, 0.25) is 0 Å². The van der Waals surface area contributed by atoms with Crippen molar-refractivity contribution in [1.82, 2.24) is 4.90 Å². The van der Waals surface area contributed by atoms with Gasteiger partial charge in [0, 0.05) is 17.9 Å². The summed E-state index contributed by atoms with van der Waals surface area (Å²) >= 11 is 0. The molecule has 0 aromatic heterocycles. The van der Waals surface area contributed by atoms with E-state index in [0.717, 1.165) is 32.1 Å². The highest BCUT2D eigenvalue weighted by Gasteiger charge is 2.38. The third kappa shape index (κ3) is 8.47. The predicted molar refractivity (Wildman–Crippen MR) is 276 cm³/mol. The van der Waals surface area contributed by atoms with Gasteiger partial charge < -0.3 is 9.47 Å². The third-order valence-electron chi connectivity index (χ3n) is 14.1. The minimum atomic E-state index is -0.685. The van der Waals surface area contributed by atoms with Gasteiger partial charge >= 0.3 is 11.9 Å². The van der Waals surface area contributed by atoms with E-state index in [2.05, 4.69) is 93.6 Å². The Bertz CT molecular complexity index is 3500. The number of amides is 4. The molecule has 354 valence electrons. The first-order valence-corrected chi connectivity index (χ1v) is 23.5. The van der Waals surface area contributed by atoms with Gasteiger partial charge in [0.15, 0.2) is 0 Å². The molecule has 2 aliphatic rings. The quantitative estimate of drug-likeness (QED) is 0.0712. The fourth-order valence-electron chi connectivity index (χ4n) is 9.34. The molecule has 0 unspecified atom stereocenters. The van der Waals surface area contributed by atoms with E-state index in [4.69, 9.17) is 9.47 Å². The number of imide groups is 2. The second-order valence-corrected chi connectivity index (χ2v) is 19.3. The Hall–Kier alpha value is -9.02. The van der Waals surface area contributed by atoms with Crippen LogP contribution in [-0.2, 0) is 10.8 Å². The Morgan fingerprint density at radius 2 is 0.708 bits per heavy atom. The van der Waals surface area contributed by atoms with Crippen LogP contribution < -0.4 is 14.4 Å². The summed E-state index contributed by atoms with van der Waals surface area (Å²) in [5.74, 6) is -2.65. The van der Waals surface area contributed by atoms with Crippen LogP contribution in [0.25, 0.3) is 22.3 Å². The molecule has 10 rings (SSSR count). The molecular formula is C62H48N2O8. The summed E-state index contributed by atoms with van der Waals surface area (Å²) in [4.78, 5) is 80.6. The first-order valence-electron chi connectivity index (χ1n) is 23.5. The first-order chi connectivity index (χ1) is 34.5. The third-order valence-corrected chi connectivity index (χ3v) is 14.1. The van der Waals surface area contributed by atoms with Gasteiger partial charge in [-0.1, -0.05) is 142 Å². The van der Waals surface area contributed by atoms with E-state index >= 15 is 0 Å². The highest BCUT2D eigenvalue weighted by molar-refractivity contribution is 6.34. The highest BCUT2D eigenvalue weighted by Crippen LogP contribution is 2.37. The maximum atomic E-state index is 13.8. The summed E-state index contributed by atoms with van der Waals surface area (Å²) in [6.45, 7) is 10.6. The van der Waals surface area contributed by atoms with E-state index in [9.17, 15) is 28.8 Å². The summed E-state index contributed by atoms with van der Waals surface area (Å²) in [7, 11) is 1.39. The van der Waals surface area contributed by atoms with E-state index in [1.165, 1.54) is 71.3 Å². The van der Waals surface area contributed by atoms with Crippen LogP contribution in [0.15, 0.2) is 182 Å². The van der Waals surface area contributed by atoms with E-state index in [-0.39, 0.29) is 44.5 Å². The van der Waals surface area contributed by atoms with E-state index in [1.807, 2.05) is 50.2 Å². The maximum Gasteiger partial charge on any atom is 0.343 e. The molecule has 2 aliphatic heterocycles. The largest absolute Gasteiger partial charge is 0.423 e. The van der Waals surface area contributed by atoms with Crippen LogP contribution >= 0.6 is 0 Å². The lowest BCUT2D eigenvalue weighted by Crippen LogP contribution is -2.29. The SMILES string of the molecule is Cc1ccc(-c2ccc(C(C)(C)c3ccc(-c4ccc(N5C(=O)c6ccc(C(=O)Oc7ccc(C(C)(C)c8ccc(OC(=O)c9ccc%10c(c9)C(=O)N(C)C%10=O)cc8)cc7)cc6C5=O)cc4)cc3)cc2)cc1. The monoisotopic (exact) mass is 948 g/mol. The molecule has 0 radical (unpaired) electrons. The summed E-state index contributed by atoms with van der Waals surface area (Å²) in [5, 5.41) is 0. The van der Waals surface area contributed by atoms with Gasteiger partial charge in [-0.3, -0.25) is 24.1 Å². The lowest BCUT2D eigenvalue weighted by atomic mass is 9.77. The number of ether oxygens (including phenoxy) is 2. The van der Waals surface area contributed by atoms with Gasteiger partial charge in [-0.25, -0.2) is 14.5 Å². The van der Waals surface area contributed by atoms with E-state index in [0.29, 0.717) is 11.4 Å². The molecule has 0 bridgehead atoms. The first kappa shape index (κ1) is 46.7. The molecule has 0 N–H and O–H groups in total. The molecule has 10 nitrogen and oxygen atoms in total. The predicted octanol–water partition coefficient (Wildman–Crippen LogP) is 12.4. The Morgan fingerprint density at radius 1 is 0.389 bits per heavy atom. The Morgan fingerprint density at radius 3 is 1.12 bits per heavy atom. The van der Waals surface area contributed by atoms with Crippen molar-refractivity contribution >= 4 is 41.3 Å². The Labute approximate surface area is 417 Å². The number of carbonyl (C=O) groups is 6. The average Bonchev–Trinajstić information content (AvgIpc) is 3.78. The summed E-state index contributed by atoms with van der Waals surface area (Å²) in [5.41, 5.74) is 10.4. The normalized spacial score (nSPS) is 13.3. The number of hydrogen-bond acceptors (Lipinski definition) is 8. The molecule has 0 fully saturated rings. The van der Waals surface area contributed by atoms with Crippen LogP contribution in [0, 0.1) is 6.92 Å². The number of nitrogens with zero attached hydrogens (tertiary/aromatic N) is 2. The summed E-state index contributed by atoms with van der Waals surface area (Å²) < 4.78 is 11.3. The number of benzene rings is 8. The fraction of sp³-hybridized carbons (Fsp3) is 0.129. The average molecular weight is 949 g/mol. The van der Waals surface area contributed by atoms with Gasteiger partial charge in [-0.15, -0.1) is 0 Å². The fourth-order valence-corrected chi connectivity index (χ4v) is 9.34. The van der Waals surface area contributed by atoms with Crippen LogP contribution in [0.3, 0.4) is 0 Å². The second-order valence-electron chi connectivity index (χ2n) is 19.3. The van der Waals surface area contributed by atoms with Gasteiger partial charge in [0.1, 0.15) is 11.5 Å². The zero-order valence-electron chi connectivity index (χ0n) is 40.5. The van der Waals surface area contributed by atoms with Gasteiger partial charge in [0.25, 0.3) is 23.6 Å². The minimum absolute atomic E-state index is 0.116. The molecule has 0 aliphatic carbocycles. The molecule has 8 aromatic rings. The number of carbonyl (C=O) groups excluding carboxylic acids is 6. The van der Waals surface area contributed by atoms with Gasteiger partial charge in [0.2, 0.25) is 0 Å². The Balaban J connectivity index is 0.757. The molecule has 0 saturated heterocycles. The molecule has 0 atom stereocenters. The molecule has 72 heavy (non-hydrogen) atoms. The number of aryl methyl sites for hydroxylation is 1. The van der Waals surface area contributed by atoms with E-state index in [1.54, 1.807) is 36.4 Å². The van der Waals surface area contributed by atoms with Gasteiger partial charge in [-0.2, -0.15) is 0 Å². The van der Waals surface area contributed by atoms with Crippen LogP contribution in [0.4, 0.5) is 5.69 Å². The standard InChI is InChI=1S/C62H48N2O8/c1-37-7-9-38(10-8-37)39-11-19-44(20-12-39)61(2,3)45-21-13-40(14-22-45)41-15-27-48(28-16-41)64-57(67)52-34-18-43(36-54(52)58(64)68)60(70)72-50-31-25-47(26-32-50)62(4,5)46-23-29-49(30-24-46)71-59(69)42-17-33-51-53(35-42)56(66)63(6)55(51)65/h7-36H,1-6H3. The topological polar surface area (TPSA) is 127 Å². The highest BCUT2D eigenvalue weighted by atomic mass is 16.5. The van der Waals surface area contributed by atoms with Crippen LogP contribution in [0.1, 0.15) is 118 Å². The number of rotatable bonds is 11. The molecule has 8 aromatic carbocycles. The molecule has 4 amide bonds. The van der Waals surface area contributed by atoms with Crippen molar-refractivity contribution in [2.45, 2.75) is 45.4 Å². The van der Waals surface area contributed by atoms with Crippen molar-refractivity contribution in [1.29, 1.82) is 0 Å². The van der Waals surface area contributed by atoms with Gasteiger partial charge in [-0.05, 0) is 124 Å². The molecule has 0 spiro atoms. The van der Waals surface area contributed by atoms with Crippen molar-refractivity contribution in [2.24, 2.45) is 0 Å².